The number of amides is 1. The number of hydrogen-bond acceptors (Lipinski definition) is 4. The minimum Gasteiger partial charge on any atom is -0.340 e. The number of nitrogens with zero attached hydrogens (tertiary/aromatic N) is 3. The second-order valence-electron chi connectivity index (χ2n) is 6.70. The van der Waals surface area contributed by atoms with E-state index in [1.54, 1.807) is 11.3 Å². The normalized spacial score (nSPS) is 21.7. The van der Waals surface area contributed by atoms with Gasteiger partial charge in [-0.05, 0) is 30.9 Å². The van der Waals surface area contributed by atoms with Gasteiger partial charge in [-0.15, -0.1) is 11.3 Å². The molecule has 0 N–H and O–H groups in total. The zero-order valence-corrected chi connectivity index (χ0v) is 14.7. The Morgan fingerprint density at radius 3 is 2.79 bits per heavy atom. The molecule has 0 bridgehead atoms. The minimum atomic E-state index is 0.325. The molecule has 0 unspecified atom stereocenters. The van der Waals surface area contributed by atoms with Gasteiger partial charge in [0.1, 0.15) is 5.01 Å². The van der Waals surface area contributed by atoms with Crippen LogP contribution in [0.2, 0.25) is 0 Å². The third-order valence-corrected chi connectivity index (χ3v) is 5.99. The first-order valence-electron chi connectivity index (χ1n) is 8.79. The Balaban J connectivity index is 1.29. The quantitative estimate of drug-likeness (QED) is 0.801. The molecule has 1 saturated heterocycles. The standard InChI is InChI=1S/C19H23N3OS/c23-19(13-15-5-1-2-6-15)22-11-9-21(10-12-22)14-18-20-16-7-3-4-8-17(16)24-18/h1,3-5,7-8,15H,2,6,9-14H2/t15-/m0/s1. The third-order valence-electron chi connectivity index (χ3n) is 4.97. The Morgan fingerprint density at radius 2 is 2.04 bits per heavy atom. The van der Waals surface area contributed by atoms with Crippen LogP contribution in [0.4, 0.5) is 0 Å². The fourth-order valence-corrected chi connectivity index (χ4v) is 4.56. The number of carbonyl (C=O) groups is 1. The van der Waals surface area contributed by atoms with E-state index in [1.165, 1.54) is 9.71 Å². The van der Waals surface area contributed by atoms with Crippen molar-refractivity contribution in [2.24, 2.45) is 5.92 Å². The van der Waals surface area contributed by atoms with Crippen molar-refractivity contribution in [1.29, 1.82) is 0 Å². The van der Waals surface area contributed by atoms with E-state index in [0.717, 1.165) is 51.1 Å². The lowest BCUT2D eigenvalue weighted by atomic mass is 10.0. The molecule has 5 heteroatoms. The van der Waals surface area contributed by atoms with Crippen LogP contribution in [0.15, 0.2) is 36.4 Å². The van der Waals surface area contributed by atoms with Gasteiger partial charge < -0.3 is 4.90 Å². The lowest BCUT2D eigenvalue weighted by Crippen LogP contribution is -2.48. The second-order valence-corrected chi connectivity index (χ2v) is 7.82. The van der Waals surface area contributed by atoms with Crippen LogP contribution in [0.25, 0.3) is 10.2 Å². The number of allylic oxidation sites excluding steroid dienone is 2. The Labute approximate surface area is 146 Å². The molecule has 4 nitrogen and oxygen atoms in total. The molecule has 1 aromatic carbocycles. The molecule has 0 saturated carbocycles. The summed E-state index contributed by atoms with van der Waals surface area (Å²) in [6.45, 7) is 4.48. The van der Waals surface area contributed by atoms with E-state index in [1.807, 2.05) is 11.0 Å². The largest absolute Gasteiger partial charge is 0.340 e. The summed E-state index contributed by atoms with van der Waals surface area (Å²) in [6.07, 6.45) is 7.38. The first kappa shape index (κ1) is 15.8. The van der Waals surface area contributed by atoms with Crippen LogP contribution in [0, 0.1) is 5.92 Å². The van der Waals surface area contributed by atoms with E-state index < -0.39 is 0 Å². The van der Waals surface area contributed by atoms with Gasteiger partial charge in [0.05, 0.1) is 16.8 Å². The molecule has 1 atom stereocenters. The molecule has 4 rings (SSSR count). The lowest BCUT2D eigenvalue weighted by molar-refractivity contribution is -0.133. The Bertz CT molecular complexity index is 713. The van der Waals surface area contributed by atoms with Crippen LogP contribution in [0.1, 0.15) is 24.3 Å². The van der Waals surface area contributed by atoms with Gasteiger partial charge in [0.25, 0.3) is 0 Å². The van der Waals surface area contributed by atoms with Crippen LogP contribution in [-0.4, -0.2) is 46.9 Å². The maximum Gasteiger partial charge on any atom is 0.223 e. The van der Waals surface area contributed by atoms with Crippen molar-refractivity contribution in [2.45, 2.75) is 25.8 Å². The van der Waals surface area contributed by atoms with Gasteiger partial charge in [0.15, 0.2) is 0 Å². The van der Waals surface area contributed by atoms with Gasteiger partial charge in [-0.2, -0.15) is 0 Å². The first-order valence-corrected chi connectivity index (χ1v) is 9.61. The smallest absolute Gasteiger partial charge is 0.223 e. The van der Waals surface area contributed by atoms with Crippen LogP contribution in [0.5, 0.6) is 0 Å². The highest BCUT2D eigenvalue weighted by Crippen LogP contribution is 2.24. The van der Waals surface area contributed by atoms with Gasteiger partial charge in [-0.1, -0.05) is 24.3 Å². The topological polar surface area (TPSA) is 36.4 Å². The van der Waals surface area contributed by atoms with Crippen molar-refractivity contribution in [3.05, 3.63) is 41.4 Å². The second kappa shape index (κ2) is 7.03. The molecule has 0 radical (unpaired) electrons. The maximum atomic E-state index is 12.4. The number of fused-ring (bicyclic) bond motifs is 1. The van der Waals surface area contributed by atoms with Crippen molar-refractivity contribution in [2.75, 3.05) is 26.2 Å². The van der Waals surface area contributed by atoms with Gasteiger partial charge in [-0.25, -0.2) is 4.98 Å². The summed E-state index contributed by atoms with van der Waals surface area (Å²) in [5.41, 5.74) is 1.09. The fourth-order valence-electron chi connectivity index (χ4n) is 3.55. The molecule has 126 valence electrons. The molecular weight excluding hydrogens is 318 g/mol. The van der Waals surface area contributed by atoms with E-state index in [-0.39, 0.29) is 0 Å². The molecule has 2 aliphatic rings. The lowest BCUT2D eigenvalue weighted by Gasteiger charge is -2.34. The van der Waals surface area contributed by atoms with Crippen LogP contribution < -0.4 is 0 Å². The summed E-state index contributed by atoms with van der Waals surface area (Å²) in [7, 11) is 0. The van der Waals surface area contributed by atoms with Crippen molar-refractivity contribution in [3.8, 4) is 0 Å². The molecule has 1 aromatic heterocycles. The van der Waals surface area contributed by atoms with E-state index in [9.17, 15) is 4.79 Å². The Hall–Kier alpha value is -1.72. The van der Waals surface area contributed by atoms with Gasteiger partial charge in [0, 0.05) is 32.6 Å². The molecular formula is C19H23N3OS. The third kappa shape index (κ3) is 3.52. The number of hydrogen-bond donors (Lipinski definition) is 0. The predicted molar refractivity (Wildman–Crippen MR) is 98.0 cm³/mol. The number of thiazole rings is 1. The van der Waals surface area contributed by atoms with Crippen molar-refractivity contribution < 1.29 is 4.79 Å². The highest BCUT2D eigenvalue weighted by Gasteiger charge is 2.24. The summed E-state index contributed by atoms with van der Waals surface area (Å²) in [5.74, 6) is 0.796. The highest BCUT2D eigenvalue weighted by molar-refractivity contribution is 7.18. The molecule has 1 amide bonds. The number of rotatable bonds is 4. The summed E-state index contributed by atoms with van der Waals surface area (Å²) in [4.78, 5) is 21.6. The molecule has 1 fully saturated rings. The fraction of sp³-hybridized carbons (Fsp3) is 0.474. The molecule has 24 heavy (non-hydrogen) atoms. The zero-order chi connectivity index (χ0) is 16.4. The highest BCUT2D eigenvalue weighted by atomic mass is 32.1. The van der Waals surface area contributed by atoms with Gasteiger partial charge >= 0.3 is 0 Å². The minimum absolute atomic E-state index is 0.325. The number of piperazine rings is 1. The number of para-hydroxylation sites is 1. The average molecular weight is 341 g/mol. The summed E-state index contributed by atoms with van der Waals surface area (Å²) >= 11 is 1.78. The predicted octanol–water partition coefficient (Wildman–Crippen LogP) is 3.30. The molecule has 2 heterocycles. The zero-order valence-electron chi connectivity index (χ0n) is 13.9. The van der Waals surface area contributed by atoms with Crippen molar-refractivity contribution >= 4 is 27.5 Å². The maximum absolute atomic E-state index is 12.4. The van der Waals surface area contributed by atoms with Crippen molar-refractivity contribution in [3.63, 3.8) is 0 Å². The van der Waals surface area contributed by atoms with E-state index in [0.29, 0.717) is 18.2 Å². The summed E-state index contributed by atoms with van der Waals surface area (Å²) in [6, 6.07) is 8.30. The number of aromatic nitrogens is 1. The van der Waals surface area contributed by atoms with Gasteiger partial charge in [-0.3, -0.25) is 9.69 Å². The van der Waals surface area contributed by atoms with E-state index in [4.69, 9.17) is 4.98 Å². The molecule has 1 aliphatic heterocycles. The van der Waals surface area contributed by atoms with Crippen LogP contribution in [-0.2, 0) is 11.3 Å². The molecule has 0 spiro atoms. The number of benzene rings is 1. The summed E-state index contributed by atoms with van der Waals surface area (Å²) < 4.78 is 1.26. The number of carbonyl (C=O) groups excluding carboxylic acids is 1. The molecule has 1 aliphatic carbocycles. The van der Waals surface area contributed by atoms with Crippen molar-refractivity contribution in [1.82, 2.24) is 14.8 Å². The SMILES string of the molecule is O=C(C[C@H]1C=CCC1)N1CCN(Cc2nc3ccccc3s2)CC1. The summed E-state index contributed by atoms with van der Waals surface area (Å²) in [5, 5.41) is 1.17. The van der Waals surface area contributed by atoms with Gasteiger partial charge in [0.2, 0.25) is 5.91 Å². The first-order chi connectivity index (χ1) is 11.8. The molecule has 2 aromatic rings. The monoisotopic (exact) mass is 341 g/mol. The van der Waals surface area contributed by atoms with Crippen LogP contribution in [0.3, 0.4) is 0 Å². The van der Waals surface area contributed by atoms with E-state index in [2.05, 4.69) is 35.3 Å². The van der Waals surface area contributed by atoms with E-state index >= 15 is 0 Å². The average Bonchev–Trinajstić information content (AvgIpc) is 3.24. The Morgan fingerprint density at radius 1 is 1.21 bits per heavy atom. The van der Waals surface area contributed by atoms with Crippen LogP contribution >= 0.6 is 11.3 Å². The Kier molecular flexibility index (Phi) is 4.63.